The molecule has 2 aromatic rings. The van der Waals surface area contributed by atoms with E-state index >= 15 is 0 Å². The number of carbonyl (C=O) groups excluding carboxylic acids is 1. The molecule has 3 rings (SSSR count). The van der Waals surface area contributed by atoms with Gasteiger partial charge in [0, 0.05) is 25.5 Å². The molecule has 2 heterocycles. The lowest BCUT2D eigenvalue weighted by Gasteiger charge is -2.28. The highest BCUT2D eigenvalue weighted by atomic mass is 16.2. The Morgan fingerprint density at radius 1 is 1.30 bits per heavy atom. The number of nitrogens with zero attached hydrogens (tertiary/aromatic N) is 2. The summed E-state index contributed by atoms with van der Waals surface area (Å²) in [5.41, 5.74) is 4.42. The first kappa shape index (κ1) is 15.8. The molecule has 1 amide bonds. The van der Waals surface area contributed by atoms with Gasteiger partial charge in [-0.1, -0.05) is 39.0 Å². The van der Waals surface area contributed by atoms with Crippen LogP contribution in [0.3, 0.4) is 0 Å². The van der Waals surface area contributed by atoms with Gasteiger partial charge in [-0.15, -0.1) is 0 Å². The summed E-state index contributed by atoms with van der Waals surface area (Å²) in [6.07, 6.45) is 6.53. The van der Waals surface area contributed by atoms with Crippen LogP contribution >= 0.6 is 0 Å². The SMILES string of the molecule is CC(C)(C)CCc1ccc2c(c1)CCN(C(=O)c1ncc[nH]1)C2. The maximum absolute atomic E-state index is 12.4. The molecular formula is C19H25N3O. The van der Waals surface area contributed by atoms with E-state index in [2.05, 4.69) is 48.9 Å². The van der Waals surface area contributed by atoms with Crippen LogP contribution in [0.25, 0.3) is 0 Å². The third-order valence-electron chi connectivity index (χ3n) is 4.43. The molecule has 0 saturated carbocycles. The van der Waals surface area contributed by atoms with Crippen LogP contribution in [-0.4, -0.2) is 27.3 Å². The number of aromatic amines is 1. The minimum atomic E-state index is -0.0162. The Balaban J connectivity index is 1.69. The van der Waals surface area contributed by atoms with Crippen molar-refractivity contribution in [3.8, 4) is 0 Å². The maximum atomic E-state index is 12.4. The molecule has 0 fully saturated rings. The van der Waals surface area contributed by atoms with Crippen molar-refractivity contribution in [3.05, 3.63) is 53.1 Å². The van der Waals surface area contributed by atoms with Gasteiger partial charge in [-0.25, -0.2) is 4.98 Å². The van der Waals surface area contributed by atoms with E-state index in [0.717, 1.165) is 19.4 Å². The van der Waals surface area contributed by atoms with Gasteiger partial charge in [0.1, 0.15) is 0 Å². The van der Waals surface area contributed by atoms with Crippen LogP contribution in [0.15, 0.2) is 30.6 Å². The molecule has 1 aromatic heterocycles. The van der Waals surface area contributed by atoms with Crippen molar-refractivity contribution < 1.29 is 4.79 Å². The molecule has 0 aliphatic carbocycles. The van der Waals surface area contributed by atoms with Crippen molar-refractivity contribution in [1.82, 2.24) is 14.9 Å². The standard InChI is InChI=1S/C19H25N3O/c1-19(2,3)8-6-14-4-5-16-13-22(11-7-15(16)12-14)18(23)17-20-9-10-21-17/h4-5,9-10,12H,6-8,11,13H2,1-3H3,(H,20,21). The highest BCUT2D eigenvalue weighted by Crippen LogP contribution is 2.25. The van der Waals surface area contributed by atoms with E-state index in [1.807, 2.05) is 4.90 Å². The number of H-pyrrole nitrogens is 1. The van der Waals surface area contributed by atoms with Crippen LogP contribution < -0.4 is 0 Å². The minimum Gasteiger partial charge on any atom is -0.341 e. The molecule has 1 aliphatic rings. The normalized spacial score (nSPS) is 14.7. The number of fused-ring (bicyclic) bond motifs is 1. The molecule has 0 radical (unpaired) electrons. The van der Waals surface area contributed by atoms with Crippen LogP contribution in [0.4, 0.5) is 0 Å². The van der Waals surface area contributed by atoms with Gasteiger partial charge in [0.05, 0.1) is 0 Å². The van der Waals surface area contributed by atoms with Crippen LogP contribution in [0.2, 0.25) is 0 Å². The first-order valence-corrected chi connectivity index (χ1v) is 8.32. The van der Waals surface area contributed by atoms with Crippen molar-refractivity contribution in [2.45, 2.75) is 46.6 Å². The summed E-state index contributed by atoms with van der Waals surface area (Å²) in [6.45, 7) is 8.28. The number of aromatic nitrogens is 2. The fourth-order valence-corrected chi connectivity index (χ4v) is 2.99. The zero-order chi connectivity index (χ0) is 16.4. The van der Waals surface area contributed by atoms with E-state index in [1.54, 1.807) is 12.4 Å². The van der Waals surface area contributed by atoms with Crippen molar-refractivity contribution >= 4 is 5.91 Å². The van der Waals surface area contributed by atoms with E-state index in [0.29, 0.717) is 17.8 Å². The summed E-state index contributed by atoms with van der Waals surface area (Å²) >= 11 is 0. The quantitative estimate of drug-likeness (QED) is 0.941. The van der Waals surface area contributed by atoms with Crippen LogP contribution in [-0.2, 0) is 19.4 Å². The molecule has 1 aliphatic heterocycles. The van der Waals surface area contributed by atoms with E-state index in [9.17, 15) is 4.79 Å². The maximum Gasteiger partial charge on any atom is 0.289 e. The number of imidazole rings is 1. The molecule has 122 valence electrons. The zero-order valence-corrected chi connectivity index (χ0v) is 14.2. The molecule has 1 N–H and O–H groups in total. The number of nitrogens with one attached hydrogen (secondary N) is 1. The predicted molar refractivity (Wildman–Crippen MR) is 91.3 cm³/mol. The second kappa shape index (κ2) is 6.19. The Labute approximate surface area is 137 Å². The summed E-state index contributed by atoms with van der Waals surface area (Å²) in [4.78, 5) is 21.2. The van der Waals surface area contributed by atoms with Crippen LogP contribution in [0, 0.1) is 5.41 Å². The Hall–Kier alpha value is -2.10. The number of aryl methyl sites for hydroxylation is 1. The summed E-state index contributed by atoms with van der Waals surface area (Å²) in [7, 11) is 0. The van der Waals surface area contributed by atoms with Gasteiger partial charge >= 0.3 is 0 Å². The van der Waals surface area contributed by atoms with E-state index in [4.69, 9.17) is 0 Å². The van der Waals surface area contributed by atoms with Crippen molar-refractivity contribution in [2.24, 2.45) is 5.41 Å². The van der Waals surface area contributed by atoms with E-state index in [1.165, 1.54) is 23.1 Å². The Morgan fingerprint density at radius 2 is 2.13 bits per heavy atom. The first-order valence-electron chi connectivity index (χ1n) is 8.32. The molecule has 0 saturated heterocycles. The summed E-state index contributed by atoms with van der Waals surface area (Å²) in [5, 5.41) is 0. The molecule has 1 aromatic carbocycles. The molecule has 4 nitrogen and oxygen atoms in total. The minimum absolute atomic E-state index is 0.0162. The second-order valence-electron chi connectivity index (χ2n) is 7.58. The smallest absolute Gasteiger partial charge is 0.289 e. The largest absolute Gasteiger partial charge is 0.341 e. The van der Waals surface area contributed by atoms with Gasteiger partial charge in [-0.05, 0) is 41.4 Å². The van der Waals surface area contributed by atoms with E-state index < -0.39 is 0 Å². The third-order valence-corrected chi connectivity index (χ3v) is 4.43. The van der Waals surface area contributed by atoms with Gasteiger partial charge in [0.15, 0.2) is 5.82 Å². The fourth-order valence-electron chi connectivity index (χ4n) is 2.99. The summed E-state index contributed by atoms with van der Waals surface area (Å²) in [6, 6.07) is 6.73. The average molecular weight is 311 g/mol. The zero-order valence-electron chi connectivity index (χ0n) is 14.2. The molecule has 0 spiro atoms. The van der Waals surface area contributed by atoms with Crippen LogP contribution in [0.5, 0.6) is 0 Å². The number of benzene rings is 1. The molecule has 0 atom stereocenters. The van der Waals surface area contributed by atoms with E-state index in [-0.39, 0.29) is 5.91 Å². The summed E-state index contributed by atoms with van der Waals surface area (Å²) < 4.78 is 0. The second-order valence-corrected chi connectivity index (χ2v) is 7.58. The number of hydrogen-bond acceptors (Lipinski definition) is 2. The van der Waals surface area contributed by atoms with Gasteiger partial charge in [0.2, 0.25) is 0 Å². The van der Waals surface area contributed by atoms with Crippen LogP contribution in [0.1, 0.15) is 54.5 Å². The van der Waals surface area contributed by atoms with Gasteiger partial charge < -0.3 is 9.88 Å². The molecule has 23 heavy (non-hydrogen) atoms. The lowest BCUT2D eigenvalue weighted by Crippen LogP contribution is -2.36. The Bertz CT molecular complexity index is 683. The van der Waals surface area contributed by atoms with Crippen molar-refractivity contribution in [1.29, 1.82) is 0 Å². The number of carbonyl (C=O) groups is 1. The highest BCUT2D eigenvalue weighted by Gasteiger charge is 2.23. The monoisotopic (exact) mass is 311 g/mol. The predicted octanol–water partition coefficient (Wildman–Crippen LogP) is 3.59. The summed E-state index contributed by atoms with van der Waals surface area (Å²) in [5.74, 6) is 0.410. The number of rotatable bonds is 3. The first-order chi connectivity index (χ1) is 10.9. The molecule has 0 bridgehead atoms. The van der Waals surface area contributed by atoms with Crippen molar-refractivity contribution in [2.75, 3.05) is 6.54 Å². The average Bonchev–Trinajstić information content (AvgIpc) is 3.05. The molecule has 0 unspecified atom stereocenters. The van der Waals surface area contributed by atoms with Gasteiger partial charge in [-0.2, -0.15) is 0 Å². The van der Waals surface area contributed by atoms with Gasteiger partial charge in [0.25, 0.3) is 5.91 Å². The lowest BCUT2D eigenvalue weighted by molar-refractivity contribution is 0.0723. The Kier molecular flexibility index (Phi) is 4.24. The topological polar surface area (TPSA) is 49.0 Å². The molecule has 4 heteroatoms. The third kappa shape index (κ3) is 3.81. The number of amides is 1. The lowest BCUT2D eigenvalue weighted by atomic mass is 9.87. The van der Waals surface area contributed by atoms with Crippen molar-refractivity contribution in [3.63, 3.8) is 0 Å². The van der Waals surface area contributed by atoms with Gasteiger partial charge in [-0.3, -0.25) is 4.79 Å². The number of hydrogen-bond donors (Lipinski definition) is 1. The Morgan fingerprint density at radius 3 is 2.83 bits per heavy atom. The highest BCUT2D eigenvalue weighted by molar-refractivity contribution is 5.90. The molecular weight excluding hydrogens is 286 g/mol. The fraction of sp³-hybridized carbons (Fsp3) is 0.474.